The fraction of sp³-hybridized carbons (Fsp3) is 0.278. The Morgan fingerprint density at radius 1 is 1.00 bits per heavy atom. The summed E-state index contributed by atoms with van der Waals surface area (Å²) in [6, 6.07) is 20.3. The van der Waals surface area contributed by atoms with Gasteiger partial charge in [-0.15, -0.1) is 0 Å². The Labute approximate surface area is 257 Å². The number of aromatic nitrogens is 2. The number of pyridine rings is 2. The standard InChI is InChI=1S/C30H23N3O4.C4H10O.C2H6/c1-17-15-23-20(8-10-25(32-23)33-30(36)19-5-3-2-4-6-19)28(22(17)16-26(34)35)21-7-9-24-27-18(12-14-37-24)11-13-31-29(21)27;1-4(2,3)5;1-2/h2-11,13,15H,12,14,16H2,1H3,(H,34,35)(H,32,33,36);5H,1-3H3;1-2H3. The number of fused-ring (bicyclic) bond motifs is 1. The van der Waals surface area contributed by atoms with Crippen molar-refractivity contribution in [2.45, 2.75) is 60.0 Å². The maximum Gasteiger partial charge on any atom is 0.307 e. The molecule has 0 fully saturated rings. The number of benzene rings is 3. The molecule has 0 saturated carbocycles. The van der Waals surface area contributed by atoms with Gasteiger partial charge in [0, 0.05) is 34.5 Å². The molecule has 6 rings (SSSR count). The van der Waals surface area contributed by atoms with Gasteiger partial charge in [-0.1, -0.05) is 32.0 Å². The SMILES string of the molecule is CC.CC(C)(C)O.Cc1cc2nc(NC(=O)c3ccccc3)ccc2c(-c2ccc3c4c(ccnc24)CCO3)c1CC(=O)O. The highest BCUT2D eigenvalue weighted by molar-refractivity contribution is 6.09. The average Bonchev–Trinajstić information content (AvgIpc) is 2.99. The van der Waals surface area contributed by atoms with Gasteiger partial charge < -0.3 is 20.3 Å². The number of ether oxygens (including phenoxy) is 1. The predicted octanol–water partition coefficient (Wildman–Crippen LogP) is 7.38. The Morgan fingerprint density at radius 2 is 1.70 bits per heavy atom. The molecule has 8 nitrogen and oxygen atoms in total. The van der Waals surface area contributed by atoms with Gasteiger partial charge in [-0.25, -0.2) is 4.98 Å². The minimum absolute atomic E-state index is 0.136. The summed E-state index contributed by atoms with van der Waals surface area (Å²) in [5.74, 6) is 0.0390. The third-order valence-electron chi connectivity index (χ3n) is 6.77. The summed E-state index contributed by atoms with van der Waals surface area (Å²) in [6.45, 7) is 11.7. The molecule has 44 heavy (non-hydrogen) atoms. The van der Waals surface area contributed by atoms with Gasteiger partial charge in [0.15, 0.2) is 0 Å². The number of nitrogens with one attached hydrogen (secondary N) is 1. The largest absolute Gasteiger partial charge is 0.493 e. The fourth-order valence-corrected chi connectivity index (χ4v) is 5.09. The van der Waals surface area contributed by atoms with Crippen LogP contribution in [0, 0.1) is 6.92 Å². The van der Waals surface area contributed by atoms with Gasteiger partial charge in [0.25, 0.3) is 5.91 Å². The molecule has 0 aliphatic carbocycles. The number of carboxylic acid groups (broad SMARTS) is 1. The molecule has 1 aliphatic heterocycles. The van der Waals surface area contributed by atoms with Crippen LogP contribution in [0.3, 0.4) is 0 Å². The number of hydrogen-bond donors (Lipinski definition) is 3. The summed E-state index contributed by atoms with van der Waals surface area (Å²) in [5, 5.41) is 22.9. The van der Waals surface area contributed by atoms with Crippen LogP contribution in [0.4, 0.5) is 5.82 Å². The van der Waals surface area contributed by atoms with Crippen molar-refractivity contribution in [1.29, 1.82) is 0 Å². The molecule has 0 bridgehead atoms. The van der Waals surface area contributed by atoms with Gasteiger partial charge in [0.2, 0.25) is 0 Å². The van der Waals surface area contributed by atoms with Crippen molar-refractivity contribution in [3.63, 3.8) is 0 Å². The van der Waals surface area contributed by atoms with E-state index in [2.05, 4.69) is 5.32 Å². The van der Waals surface area contributed by atoms with E-state index in [1.807, 2.05) is 69.3 Å². The minimum Gasteiger partial charge on any atom is -0.493 e. The zero-order valence-corrected chi connectivity index (χ0v) is 26.1. The van der Waals surface area contributed by atoms with Gasteiger partial charge >= 0.3 is 5.97 Å². The van der Waals surface area contributed by atoms with Gasteiger partial charge in [-0.2, -0.15) is 0 Å². The average molecular weight is 594 g/mol. The number of rotatable bonds is 5. The highest BCUT2D eigenvalue weighted by Gasteiger charge is 2.22. The van der Waals surface area contributed by atoms with E-state index >= 15 is 0 Å². The Kier molecular flexibility index (Phi) is 9.96. The van der Waals surface area contributed by atoms with Crippen LogP contribution in [0.15, 0.2) is 72.9 Å². The Hall–Kier alpha value is -4.82. The van der Waals surface area contributed by atoms with Gasteiger partial charge in [0.05, 0.1) is 29.7 Å². The lowest BCUT2D eigenvalue weighted by Crippen LogP contribution is -2.13. The fourth-order valence-electron chi connectivity index (χ4n) is 5.09. The number of aliphatic hydroxyl groups is 1. The zero-order chi connectivity index (χ0) is 32.0. The Balaban J connectivity index is 0.000000576. The van der Waals surface area contributed by atoms with Gasteiger partial charge in [0.1, 0.15) is 11.6 Å². The zero-order valence-electron chi connectivity index (χ0n) is 26.1. The van der Waals surface area contributed by atoms with Crippen LogP contribution < -0.4 is 10.1 Å². The van der Waals surface area contributed by atoms with Crippen LogP contribution in [-0.4, -0.2) is 44.3 Å². The molecule has 3 aromatic carbocycles. The molecule has 228 valence electrons. The van der Waals surface area contributed by atoms with Crippen molar-refractivity contribution in [2.75, 3.05) is 11.9 Å². The molecule has 2 aromatic heterocycles. The number of carboxylic acids is 1. The quantitative estimate of drug-likeness (QED) is 0.194. The van der Waals surface area contributed by atoms with E-state index in [4.69, 9.17) is 19.8 Å². The highest BCUT2D eigenvalue weighted by Crippen LogP contribution is 2.42. The topological polar surface area (TPSA) is 122 Å². The van der Waals surface area contributed by atoms with Crippen LogP contribution in [-0.2, 0) is 17.6 Å². The number of amides is 1. The number of aryl methyl sites for hydroxylation is 1. The lowest BCUT2D eigenvalue weighted by atomic mass is 9.88. The first kappa shape index (κ1) is 32.1. The summed E-state index contributed by atoms with van der Waals surface area (Å²) in [7, 11) is 0. The Bertz CT molecular complexity index is 1790. The molecule has 1 amide bonds. The molecule has 8 heteroatoms. The Morgan fingerprint density at radius 3 is 2.39 bits per heavy atom. The van der Waals surface area contributed by atoms with Crippen molar-refractivity contribution < 1.29 is 24.5 Å². The molecule has 0 unspecified atom stereocenters. The summed E-state index contributed by atoms with van der Waals surface area (Å²) < 4.78 is 5.89. The molecule has 5 aromatic rings. The number of nitrogens with zero attached hydrogens (tertiary/aromatic N) is 2. The van der Waals surface area contributed by atoms with Crippen LogP contribution >= 0.6 is 0 Å². The van der Waals surface area contributed by atoms with E-state index in [0.29, 0.717) is 29.1 Å². The molecular weight excluding hydrogens is 554 g/mol. The molecule has 1 aliphatic rings. The third kappa shape index (κ3) is 7.38. The number of carbonyl (C=O) groups is 2. The van der Waals surface area contributed by atoms with Gasteiger partial charge in [-0.3, -0.25) is 14.6 Å². The molecular formula is C36H39N3O5. The van der Waals surface area contributed by atoms with Crippen LogP contribution in [0.2, 0.25) is 0 Å². The summed E-state index contributed by atoms with van der Waals surface area (Å²) in [5.41, 5.74) is 5.76. The van der Waals surface area contributed by atoms with Crippen molar-refractivity contribution in [3.05, 3.63) is 95.2 Å². The normalized spacial score (nSPS) is 11.9. The van der Waals surface area contributed by atoms with Crippen molar-refractivity contribution >= 4 is 39.5 Å². The molecule has 0 saturated heterocycles. The smallest absolute Gasteiger partial charge is 0.307 e. The van der Waals surface area contributed by atoms with Crippen molar-refractivity contribution in [3.8, 4) is 16.9 Å². The molecule has 0 spiro atoms. The van der Waals surface area contributed by atoms with Crippen LogP contribution in [0.1, 0.15) is 61.7 Å². The molecule has 0 atom stereocenters. The first-order valence-electron chi connectivity index (χ1n) is 14.8. The van der Waals surface area contributed by atoms with E-state index < -0.39 is 11.6 Å². The second-order valence-corrected chi connectivity index (χ2v) is 11.3. The summed E-state index contributed by atoms with van der Waals surface area (Å²) in [6.07, 6.45) is 2.45. The predicted molar refractivity (Wildman–Crippen MR) is 175 cm³/mol. The van der Waals surface area contributed by atoms with Crippen LogP contribution in [0.25, 0.3) is 32.9 Å². The maximum atomic E-state index is 12.7. The van der Waals surface area contributed by atoms with E-state index in [9.17, 15) is 14.7 Å². The van der Waals surface area contributed by atoms with E-state index in [1.54, 1.807) is 45.2 Å². The number of carbonyl (C=O) groups excluding carboxylic acids is 1. The summed E-state index contributed by atoms with van der Waals surface area (Å²) >= 11 is 0. The molecule has 3 heterocycles. The lowest BCUT2D eigenvalue weighted by Gasteiger charge is -2.21. The first-order chi connectivity index (χ1) is 21.0. The molecule has 3 N–H and O–H groups in total. The number of anilines is 1. The lowest BCUT2D eigenvalue weighted by molar-refractivity contribution is -0.136. The second kappa shape index (κ2) is 13.7. The van der Waals surface area contributed by atoms with E-state index in [1.165, 1.54) is 0 Å². The van der Waals surface area contributed by atoms with E-state index in [-0.39, 0.29) is 12.3 Å². The number of hydrogen-bond acceptors (Lipinski definition) is 6. The van der Waals surface area contributed by atoms with Crippen LogP contribution in [0.5, 0.6) is 5.75 Å². The monoisotopic (exact) mass is 593 g/mol. The number of aliphatic carboxylic acids is 1. The van der Waals surface area contributed by atoms with Gasteiger partial charge in [-0.05, 0) is 98.5 Å². The first-order valence-corrected chi connectivity index (χ1v) is 14.8. The maximum absolute atomic E-state index is 12.7. The summed E-state index contributed by atoms with van der Waals surface area (Å²) in [4.78, 5) is 34.0. The van der Waals surface area contributed by atoms with E-state index in [0.717, 1.165) is 50.7 Å². The minimum atomic E-state index is -0.914. The second-order valence-electron chi connectivity index (χ2n) is 11.3. The molecule has 0 radical (unpaired) electrons. The third-order valence-corrected chi connectivity index (χ3v) is 6.77. The van der Waals surface area contributed by atoms with Crippen molar-refractivity contribution in [1.82, 2.24) is 9.97 Å². The van der Waals surface area contributed by atoms with Crippen molar-refractivity contribution in [2.24, 2.45) is 0 Å². The highest BCUT2D eigenvalue weighted by atomic mass is 16.5.